The van der Waals surface area contributed by atoms with E-state index in [2.05, 4.69) is 5.32 Å². The lowest BCUT2D eigenvalue weighted by molar-refractivity contribution is 0.0921. The predicted molar refractivity (Wildman–Crippen MR) is 75.4 cm³/mol. The Labute approximate surface area is 117 Å². The highest BCUT2D eigenvalue weighted by molar-refractivity contribution is 5.91. The molecule has 0 aliphatic carbocycles. The van der Waals surface area contributed by atoms with Gasteiger partial charge >= 0.3 is 0 Å². The number of hydrogen-bond donors (Lipinski definition) is 2. The van der Waals surface area contributed by atoms with E-state index in [0.717, 1.165) is 11.3 Å². The van der Waals surface area contributed by atoms with Crippen molar-refractivity contribution < 1.29 is 13.9 Å². The van der Waals surface area contributed by atoms with E-state index in [1.165, 1.54) is 0 Å². The number of carbonyl (C=O) groups is 1. The average molecular weight is 274 g/mol. The van der Waals surface area contributed by atoms with E-state index in [1.54, 1.807) is 12.1 Å². The Balaban J connectivity index is 1.94. The number of carbonyl (C=O) groups excluding carboxylic acids is 1. The monoisotopic (exact) mass is 274 g/mol. The number of rotatable bonds is 6. The van der Waals surface area contributed by atoms with E-state index in [1.807, 2.05) is 31.2 Å². The van der Waals surface area contributed by atoms with Crippen molar-refractivity contribution in [2.75, 3.05) is 6.61 Å². The molecule has 1 amide bonds. The summed E-state index contributed by atoms with van der Waals surface area (Å²) < 4.78 is 10.7. The molecule has 3 N–H and O–H groups in total. The van der Waals surface area contributed by atoms with E-state index in [-0.39, 0.29) is 18.2 Å². The van der Waals surface area contributed by atoms with Crippen molar-refractivity contribution in [3.8, 4) is 5.75 Å². The third-order valence-corrected chi connectivity index (χ3v) is 2.75. The minimum atomic E-state index is -0.258. The quantitative estimate of drug-likeness (QED) is 0.845. The van der Waals surface area contributed by atoms with Crippen LogP contribution in [0.3, 0.4) is 0 Å². The number of benzene rings is 1. The molecule has 5 nitrogen and oxygen atoms in total. The van der Waals surface area contributed by atoms with Crippen LogP contribution in [0.15, 0.2) is 40.8 Å². The Morgan fingerprint density at radius 1 is 1.35 bits per heavy atom. The second-order valence-corrected chi connectivity index (χ2v) is 4.23. The van der Waals surface area contributed by atoms with Gasteiger partial charge in [-0.15, -0.1) is 0 Å². The molecule has 0 aliphatic rings. The topological polar surface area (TPSA) is 77.5 Å². The van der Waals surface area contributed by atoms with Crippen molar-refractivity contribution in [1.29, 1.82) is 0 Å². The SMILES string of the molecule is CCOc1cccc(CNC(=O)c2ccc(CN)o2)c1. The molecule has 5 heteroatoms. The lowest BCUT2D eigenvalue weighted by atomic mass is 10.2. The third-order valence-electron chi connectivity index (χ3n) is 2.75. The molecule has 1 aromatic heterocycles. The fraction of sp³-hybridized carbons (Fsp3) is 0.267. The molecule has 1 heterocycles. The van der Waals surface area contributed by atoms with Gasteiger partial charge in [0.25, 0.3) is 5.91 Å². The number of furan rings is 1. The molecule has 0 bridgehead atoms. The lowest BCUT2D eigenvalue weighted by Crippen LogP contribution is -2.22. The summed E-state index contributed by atoms with van der Waals surface area (Å²) in [5, 5.41) is 2.79. The Morgan fingerprint density at radius 3 is 2.90 bits per heavy atom. The Bertz CT molecular complexity index is 578. The molecule has 0 atom stereocenters. The maximum atomic E-state index is 11.9. The Hall–Kier alpha value is -2.27. The maximum Gasteiger partial charge on any atom is 0.287 e. The van der Waals surface area contributed by atoms with Crippen LogP contribution in [0.25, 0.3) is 0 Å². The van der Waals surface area contributed by atoms with Crippen LogP contribution >= 0.6 is 0 Å². The van der Waals surface area contributed by atoms with Gasteiger partial charge in [-0.25, -0.2) is 0 Å². The molecule has 0 spiro atoms. The van der Waals surface area contributed by atoms with Gasteiger partial charge in [-0.1, -0.05) is 12.1 Å². The van der Waals surface area contributed by atoms with Gasteiger partial charge in [-0.05, 0) is 36.8 Å². The van der Waals surface area contributed by atoms with Crippen LogP contribution in [0, 0.1) is 0 Å². The standard InChI is InChI=1S/C15H18N2O3/c1-2-19-12-5-3-4-11(8-12)10-17-15(18)14-7-6-13(9-16)20-14/h3-8H,2,9-10,16H2,1H3,(H,17,18). The molecule has 0 fully saturated rings. The van der Waals surface area contributed by atoms with Crippen LogP contribution in [-0.4, -0.2) is 12.5 Å². The molecule has 0 unspecified atom stereocenters. The van der Waals surface area contributed by atoms with Gasteiger partial charge in [-0.2, -0.15) is 0 Å². The number of hydrogen-bond acceptors (Lipinski definition) is 4. The van der Waals surface area contributed by atoms with Crippen molar-refractivity contribution in [3.05, 3.63) is 53.5 Å². The molecule has 0 radical (unpaired) electrons. The van der Waals surface area contributed by atoms with E-state index in [0.29, 0.717) is 18.9 Å². The summed E-state index contributed by atoms with van der Waals surface area (Å²) in [4.78, 5) is 11.9. The predicted octanol–water partition coefficient (Wildman–Crippen LogP) is 2.07. The Kier molecular flexibility index (Phi) is 4.79. The summed E-state index contributed by atoms with van der Waals surface area (Å²) in [6.07, 6.45) is 0. The zero-order valence-corrected chi connectivity index (χ0v) is 11.4. The molecule has 2 rings (SSSR count). The van der Waals surface area contributed by atoms with Crippen molar-refractivity contribution >= 4 is 5.91 Å². The normalized spacial score (nSPS) is 10.3. The van der Waals surface area contributed by atoms with E-state index in [9.17, 15) is 4.79 Å². The summed E-state index contributed by atoms with van der Waals surface area (Å²) in [7, 11) is 0. The van der Waals surface area contributed by atoms with Gasteiger partial charge in [0.1, 0.15) is 11.5 Å². The van der Waals surface area contributed by atoms with Gasteiger partial charge in [-0.3, -0.25) is 4.79 Å². The first-order chi connectivity index (χ1) is 9.72. The largest absolute Gasteiger partial charge is 0.494 e. The third kappa shape index (κ3) is 3.61. The first-order valence-corrected chi connectivity index (χ1v) is 6.51. The van der Waals surface area contributed by atoms with Crippen LogP contribution < -0.4 is 15.8 Å². The van der Waals surface area contributed by atoms with E-state index >= 15 is 0 Å². The van der Waals surface area contributed by atoms with Crippen molar-refractivity contribution in [2.45, 2.75) is 20.0 Å². The molecule has 0 saturated heterocycles. The Morgan fingerprint density at radius 2 is 2.20 bits per heavy atom. The molecule has 20 heavy (non-hydrogen) atoms. The van der Waals surface area contributed by atoms with Gasteiger partial charge in [0, 0.05) is 6.54 Å². The van der Waals surface area contributed by atoms with Crippen LogP contribution in [-0.2, 0) is 13.1 Å². The number of amides is 1. The van der Waals surface area contributed by atoms with Crippen LogP contribution in [0.2, 0.25) is 0 Å². The van der Waals surface area contributed by atoms with Gasteiger partial charge in [0.2, 0.25) is 0 Å². The summed E-state index contributed by atoms with van der Waals surface area (Å²) >= 11 is 0. The fourth-order valence-electron chi connectivity index (χ4n) is 1.79. The minimum absolute atomic E-state index is 0.258. The zero-order valence-electron chi connectivity index (χ0n) is 11.4. The second-order valence-electron chi connectivity index (χ2n) is 4.23. The molecule has 0 aliphatic heterocycles. The van der Waals surface area contributed by atoms with Crippen LogP contribution in [0.4, 0.5) is 0 Å². The molecule has 106 valence electrons. The smallest absolute Gasteiger partial charge is 0.287 e. The van der Waals surface area contributed by atoms with E-state index < -0.39 is 0 Å². The van der Waals surface area contributed by atoms with Gasteiger partial charge in [0.05, 0.1) is 13.2 Å². The highest BCUT2D eigenvalue weighted by atomic mass is 16.5. The molecule has 0 saturated carbocycles. The minimum Gasteiger partial charge on any atom is -0.494 e. The van der Waals surface area contributed by atoms with Gasteiger partial charge < -0.3 is 20.2 Å². The van der Waals surface area contributed by atoms with Crippen LogP contribution in [0.5, 0.6) is 5.75 Å². The second kappa shape index (κ2) is 6.77. The number of nitrogens with two attached hydrogens (primary N) is 1. The van der Waals surface area contributed by atoms with Crippen LogP contribution in [0.1, 0.15) is 28.8 Å². The number of ether oxygens (including phenoxy) is 1. The lowest BCUT2D eigenvalue weighted by Gasteiger charge is -2.07. The molecular formula is C15H18N2O3. The van der Waals surface area contributed by atoms with Gasteiger partial charge in [0.15, 0.2) is 5.76 Å². The first-order valence-electron chi connectivity index (χ1n) is 6.51. The highest BCUT2D eigenvalue weighted by Crippen LogP contribution is 2.13. The zero-order chi connectivity index (χ0) is 14.4. The first kappa shape index (κ1) is 14.1. The molecule has 1 aromatic carbocycles. The maximum absolute atomic E-state index is 11.9. The summed E-state index contributed by atoms with van der Waals surface area (Å²) in [5.74, 6) is 1.40. The summed E-state index contributed by atoms with van der Waals surface area (Å²) in [6, 6.07) is 10.9. The molecular weight excluding hydrogens is 256 g/mol. The fourth-order valence-corrected chi connectivity index (χ4v) is 1.79. The van der Waals surface area contributed by atoms with Crippen molar-refractivity contribution in [3.63, 3.8) is 0 Å². The summed E-state index contributed by atoms with van der Waals surface area (Å²) in [5.41, 5.74) is 6.40. The average Bonchev–Trinajstić information content (AvgIpc) is 2.94. The summed E-state index contributed by atoms with van der Waals surface area (Å²) in [6.45, 7) is 3.24. The highest BCUT2D eigenvalue weighted by Gasteiger charge is 2.10. The molecule has 2 aromatic rings. The van der Waals surface area contributed by atoms with Crippen molar-refractivity contribution in [2.24, 2.45) is 5.73 Å². The number of nitrogens with one attached hydrogen (secondary N) is 1. The van der Waals surface area contributed by atoms with E-state index in [4.69, 9.17) is 14.9 Å². The van der Waals surface area contributed by atoms with Crippen molar-refractivity contribution in [1.82, 2.24) is 5.32 Å².